The fraction of sp³-hybridized carbons (Fsp3) is 0.412. The highest BCUT2D eigenvalue weighted by Gasteiger charge is 2.20. The molecule has 1 atom stereocenters. The molecule has 24 heavy (non-hydrogen) atoms. The number of hydrogen-bond donors (Lipinski definition) is 1. The first-order chi connectivity index (χ1) is 11.5. The van der Waals surface area contributed by atoms with Crippen LogP contribution in [0.15, 0.2) is 23.1 Å². The summed E-state index contributed by atoms with van der Waals surface area (Å²) in [5.41, 5.74) is 2.55. The van der Waals surface area contributed by atoms with Crippen LogP contribution in [0.25, 0.3) is 0 Å². The van der Waals surface area contributed by atoms with E-state index in [-0.39, 0.29) is 11.2 Å². The number of anilines is 1. The van der Waals surface area contributed by atoms with Crippen molar-refractivity contribution in [2.45, 2.75) is 30.9 Å². The molecule has 1 N–H and O–H groups in total. The second kappa shape index (κ2) is 6.76. The molecular formula is C17H21N3O3S. The molecule has 0 bridgehead atoms. The van der Waals surface area contributed by atoms with E-state index in [1.807, 2.05) is 46.0 Å². The molecule has 0 unspecified atom stereocenters. The van der Waals surface area contributed by atoms with Gasteiger partial charge in [-0.1, -0.05) is 0 Å². The van der Waals surface area contributed by atoms with Crippen LogP contribution in [-0.4, -0.2) is 34.2 Å². The summed E-state index contributed by atoms with van der Waals surface area (Å²) in [6.45, 7) is 6.84. The Morgan fingerprint density at radius 1 is 1.29 bits per heavy atom. The van der Waals surface area contributed by atoms with Gasteiger partial charge < -0.3 is 14.8 Å². The van der Waals surface area contributed by atoms with Gasteiger partial charge in [0, 0.05) is 11.9 Å². The largest absolute Gasteiger partial charge is 0.486 e. The van der Waals surface area contributed by atoms with E-state index in [4.69, 9.17) is 9.47 Å². The van der Waals surface area contributed by atoms with Crippen LogP contribution in [0.3, 0.4) is 0 Å². The predicted octanol–water partition coefficient (Wildman–Crippen LogP) is 2.93. The number of carbonyl (C=O) groups is 1. The number of ether oxygens (including phenoxy) is 2. The number of aryl methyl sites for hydroxylation is 2. The number of carbonyl (C=O) groups excluding carboxylic acids is 1. The highest BCUT2D eigenvalue weighted by molar-refractivity contribution is 8.00. The lowest BCUT2D eigenvalue weighted by Crippen LogP contribution is -2.23. The van der Waals surface area contributed by atoms with Gasteiger partial charge in [-0.3, -0.25) is 9.48 Å². The van der Waals surface area contributed by atoms with E-state index in [1.54, 1.807) is 4.68 Å². The van der Waals surface area contributed by atoms with Crippen LogP contribution in [0.4, 0.5) is 5.69 Å². The van der Waals surface area contributed by atoms with E-state index < -0.39 is 0 Å². The van der Waals surface area contributed by atoms with Crippen LogP contribution >= 0.6 is 11.8 Å². The van der Waals surface area contributed by atoms with Gasteiger partial charge in [-0.2, -0.15) is 5.10 Å². The fourth-order valence-corrected chi connectivity index (χ4v) is 3.43. The molecule has 0 saturated carbocycles. The predicted molar refractivity (Wildman–Crippen MR) is 94.1 cm³/mol. The molecule has 1 aliphatic rings. The number of hydrogen-bond acceptors (Lipinski definition) is 5. The Morgan fingerprint density at radius 3 is 2.67 bits per heavy atom. The van der Waals surface area contributed by atoms with Crippen LogP contribution in [0.1, 0.15) is 18.3 Å². The molecule has 6 nitrogen and oxygen atoms in total. The molecule has 0 saturated heterocycles. The number of nitrogens with one attached hydrogen (secondary N) is 1. The lowest BCUT2D eigenvalue weighted by atomic mass is 10.3. The molecular weight excluding hydrogens is 326 g/mol. The van der Waals surface area contributed by atoms with Gasteiger partial charge in [0.1, 0.15) is 13.2 Å². The Balaban J connectivity index is 1.68. The highest BCUT2D eigenvalue weighted by atomic mass is 32.2. The average molecular weight is 347 g/mol. The van der Waals surface area contributed by atoms with Gasteiger partial charge in [-0.25, -0.2) is 0 Å². The van der Waals surface area contributed by atoms with E-state index in [0.29, 0.717) is 13.2 Å². The zero-order valence-electron chi connectivity index (χ0n) is 14.3. The minimum Gasteiger partial charge on any atom is -0.486 e. The van der Waals surface area contributed by atoms with Crippen LogP contribution < -0.4 is 14.8 Å². The second-order valence-corrected chi connectivity index (χ2v) is 7.14. The summed E-state index contributed by atoms with van der Waals surface area (Å²) >= 11 is 1.49. The normalized spacial score (nSPS) is 14.3. The molecule has 2 aromatic rings. The van der Waals surface area contributed by atoms with Gasteiger partial charge in [0.05, 0.1) is 22.3 Å². The second-order valence-electron chi connectivity index (χ2n) is 5.72. The topological polar surface area (TPSA) is 65.4 Å². The Kier molecular flexibility index (Phi) is 4.71. The Bertz CT molecular complexity index is 773. The van der Waals surface area contributed by atoms with Crippen molar-refractivity contribution in [1.29, 1.82) is 0 Å². The van der Waals surface area contributed by atoms with Crippen molar-refractivity contribution in [1.82, 2.24) is 9.78 Å². The zero-order chi connectivity index (χ0) is 17.3. The van der Waals surface area contributed by atoms with Crippen LogP contribution in [-0.2, 0) is 11.8 Å². The van der Waals surface area contributed by atoms with Crippen molar-refractivity contribution in [3.8, 4) is 11.5 Å². The first-order valence-electron chi connectivity index (χ1n) is 7.83. The third kappa shape index (κ3) is 3.36. The first kappa shape index (κ1) is 16.7. The molecule has 1 aliphatic heterocycles. The molecule has 2 heterocycles. The number of fused-ring (bicyclic) bond motifs is 1. The number of aromatic nitrogens is 2. The molecule has 1 aromatic heterocycles. The van der Waals surface area contributed by atoms with Gasteiger partial charge in [0.2, 0.25) is 5.91 Å². The summed E-state index contributed by atoms with van der Waals surface area (Å²) in [5, 5.41) is 7.06. The lowest BCUT2D eigenvalue weighted by Gasteiger charge is -2.19. The van der Waals surface area contributed by atoms with Crippen LogP contribution in [0.2, 0.25) is 0 Å². The SMILES string of the molecule is Cc1nn(C)c(C)c1NC(=O)[C@@H](C)Sc1ccc2c(c1)OCCO2. The molecule has 1 aromatic carbocycles. The monoisotopic (exact) mass is 347 g/mol. The van der Waals surface area contributed by atoms with Gasteiger partial charge in [-0.05, 0) is 39.0 Å². The van der Waals surface area contributed by atoms with Crippen molar-refractivity contribution in [3.63, 3.8) is 0 Å². The zero-order valence-corrected chi connectivity index (χ0v) is 15.1. The third-order valence-corrected chi connectivity index (χ3v) is 5.05. The summed E-state index contributed by atoms with van der Waals surface area (Å²) in [6.07, 6.45) is 0. The summed E-state index contributed by atoms with van der Waals surface area (Å²) in [6, 6.07) is 5.75. The van der Waals surface area contributed by atoms with Crippen molar-refractivity contribution >= 4 is 23.4 Å². The molecule has 0 radical (unpaired) electrons. The lowest BCUT2D eigenvalue weighted by molar-refractivity contribution is -0.115. The van der Waals surface area contributed by atoms with E-state index in [1.165, 1.54) is 11.8 Å². The third-order valence-electron chi connectivity index (χ3n) is 3.95. The van der Waals surface area contributed by atoms with Crippen molar-refractivity contribution in [3.05, 3.63) is 29.6 Å². The van der Waals surface area contributed by atoms with E-state index in [9.17, 15) is 4.79 Å². The highest BCUT2D eigenvalue weighted by Crippen LogP contribution is 2.35. The van der Waals surface area contributed by atoms with Crippen LogP contribution in [0.5, 0.6) is 11.5 Å². The number of rotatable bonds is 4. The Morgan fingerprint density at radius 2 is 2.00 bits per heavy atom. The quantitative estimate of drug-likeness (QED) is 0.862. The minimum atomic E-state index is -0.244. The molecule has 3 rings (SSSR count). The molecule has 128 valence electrons. The smallest absolute Gasteiger partial charge is 0.237 e. The number of amides is 1. The minimum absolute atomic E-state index is 0.0471. The maximum absolute atomic E-state index is 12.5. The standard InChI is InChI=1S/C17H21N3O3S/c1-10-16(11(2)20(4)19-10)18-17(21)12(3)24-13-5-6-14-15(9-13)23-8-7-22-14/h5-6,9,12H,7-8H2,1-4H3,(H,18,21)/t12-/m1/s1. The van der Waals surface area contributed by atoms with E-state index in [0.717, 1.165) is 33.5 Å². The molecule has 0 spiro atoms. The Hall–Kier alpha value is -2.15. The van der Waals surface area contributed by atoms with Crippen molar-refractivity contribution in [2.75, 3.05) is 18.5 Å². The molecule has 0 fully saturated rings. The summed E-state index contributed by atoms with van der Waals surface area (Å²) in [4.78, 5) is 13.5. The number of nitrogens with zero attached hydrogens (tertiary/aromatic N) is 2. The van der Waals surface area contributed by atoms with Gasteiger partial charge >= 0.3 is 0 Å². The maximum atomic E-state index is 12.5. The Labute approximate surface area is 145 Å². The summed E-state index contributed by atoms with van der Waals surface area (Å²) < 4.78 is 12.9. The van der Waals surface area contributed by atoms with Crippen molar-refractivity contribution < 1.29 is 14.3 Å². The fourth-order valence-electron chi connectivity index (χ4n) is 2.53. The summed E-state index contributed by atoms with van der Waals surface area (Å²) in [5.74, 6) is 1.44. The van der Waals surface area contributed by atoms with E-state index in [2.05, 4.69) is 10.4 Å². The molecule has 1 amide bonds. The number of benzene rings is 1. The molecule has 0 aliphatic carbocycles. The average Bonchev–Trinajstić information content (AvgIpc) is 2.81. The van der Waals surface area contributed by atoms with Crippen molar-refractivity contribution in [2.24, 2.45) is 7.05 Å². The van der Waals surface area contributed by atoms with Gasteiger partial charge in [0.15, 0.2) is 11.5 Å². The molecule has 7 heteroatoms. The maximum Gasteiger partial charge on any atom is 0.237 e. The van der Waals surface area contributed by atoms with E-state index >= 15 is 0 Å². The van der Waals surface area contributed by atoms with Gasteiger partial charge in [-0.15, -0.1) is 11.8 Å². The van der Waals surface area contributed by atoms with Crippen LogP contribution in [0, 0.1) is 13.8 Å². The van der Waals surface area contributed by atoms with Gasteiger partial charge in [0.25, 0.3) is 0 Å². The first-order valence-corrected chi connectivity index (χ1v) is 8.71. The summed E-state index contributed by atoms with van der Waals surface area (Å²) in [7, 11) is 1.87. The number of thioether (sulfide) groups is 1.